The second kappa shape index (κ2) is 9.18. The summed E-state index contributed by atoms with van der Waals surface area (Å²) in [7, 11) is 0.384. The Balaban J connectivity index is 1.94. The van der Waals surface area contributed by atoms with Crippen molar-refractivity contribution in [3.05, 3.63) is 71.3 Å². The summed E-state index contributed by atoms with van der Waals surface area (Å²) in [5.74, 6) is 0.253. The van der Waals surface area contributed by atoms with E-state index < -0.39 is 10.8 Å². The summed E-state index contributed by atoms with van der Waals surface area (Å²) < 4.78 is 16.9. The number of hydrogen-bond acceptors (Lipinski definition) is 3. The molecule has 4 heteroatoms. The molecule has 0 fully saturated rings. The van der Waals surface area contributed by atoms with E-state index in [2.05, 4.69) is 4.74 Å². The third-order valence-electron chi connectivity index (χ3n) is 3.71. The van der Waals surface area contributed by atoms with Crippen LogP contribution in [0.2, 0.25) is 0 Å². The Morgan fingerprint density at radius 1 is 1.12 bits per heavy atom. The number of methoxy groups -OCH3 is 1. The van der Waals surface area contributed by atoms with E-state index in [1.54, 1.807) is 6.08 Å². The fourth-order valence-corrected chi connectivity index (χ4v) is 3.43. The van der Waals surface area contributed by atoms with Crippen molar-refractivity contribution in [2.24, 2.45) is 0 Å². The van der Waals surface area contributed by atoms with Gasteiger partial charge < -0.3 is 4.74 Å². The lowest BCUT2D eigenvalue weighted by Gasteiger charge is -2.07. The van der Waals surface area contributed by atoms with Gasteiger partial charge in [-0.2, -0.15) is 0 Å². The molecule has 0 aliphatic heterocycles. The molecule has 24 heavy (non-hydrogen) atoms. The first-order valence-corrected chi connectivity index (χ1v) is 9.21. The first-order chi connectivity index (χ1) is 11.6. The van der Waals surface area contributed by atoms with E-state index >= 15 is 0 Å². The molecule has 0 N–H and O–H groups in total. The molecule has 2 aromatic carbocycles. The van der Waals surface area contributed by atoms with Crippen LogP contribution in [0.25, 0.3) is 6.08 Å². The van der Waals surface area contributed by atoms with Gasteiger partial charge in [0.1, 0.15) is 0 Å². The number of esters is 1. The Labute approximate surface area is 145 Å². The van der Waals surface area contributed by atoms with Gasteiger partial charge in [-0.25, -0.2) is 4.79 Å². The van der Waals surface area contributed by atoms with Crippen LogP contribution in [0.3, 0.4) is 0 Å². The molecule has 0 saturated heterocycles. The highest BCUT2D eigenvalue weighted by atomic mass is 32.2. The maximum absolute atomic E-state index is 12.3. The number of rotatable bonds is 7. The van der Waals surface area contributed by atoms with Crippen LogP contribution >= 0.6 is 0 Å². The van der Waals surface area contributed by atoms with Crippen molar-refractivity contribution in [2.75, 3.05) is 12.9 Å². The van der Waals surface area contributed by atoms with Crippen LogP contribution in [0.1, 0.15) is 23.1 Å². The maximum atomic E-state index is 12.3. The van der Waals surface area contributed by atoms with Crippen LogP contribution in [0.4, 0.5) is 0 Å². The summed E-state index contributed by atoms with van der Waals surface area (Å²) in [6.45, 7) is 2.02. The van der Waals surface area contributed by atoms with Gasteiger partial charge in [-0.1, -0.05) is 42.0 Å². The summed E-state index contributed by atoms with van der Waals surface area (Å²) in [4.78, 5) is 12.1. The van der Waals surface area contributed by atoms with Crippen LogP contribution in [-0.2, 0) is 26.8 Å². The monoisotopic (exact) mass is 342 g/mol. The maximum Gasteiger partial charge on any atom is 0.330 e. The van der Waals surface area contributed by atoms with Crippen molar-refractivity contribution < 1.29 is 13.7 Å². The van der Waals surface area contributed by atoms with E-state index in [1.165, 1.54) is 18.7 Å². The third-order valence-corrected chi connectivity index (χ3v) is 5.17. The fourth-order valence-electron chi connectivity index (χ4n) is 2.35. The summed E-state index contributed by atoms with van der Waals surface area (Å²) in [5.41, 5.74) is 3.30. The van der Waals surface area contributed by atoms with Gasteiger partial charge in [-0.05, 0) is 49.1 Å². The zero-order chi connectivity index (χ0) is 17.4. The van der Waals surface area contributed by atoms with Crippen LogP contribution in [0.5, 0.6) is 0 Å². The van der Waals surface area contributed by atoms with Crippen LogP contribution < -0.4 is 0 Å². The lowest BCUT2D eigenvalue weighted by Crippen LogP contribution is -2.01. The van der Waals surface area contributed by atoms with Crippen molar-refractivity contribution in [3.8, 4) is 0 Å². The molecule has 3 nitrogen and oxygen atoms in total. The zero-order valence-corrected chi connectivity index (χ0v) is 14.8. The largest absolute Gasteiger partial charge is 0.466 e. The van der Waals surface area contributed by atoms with Gasteiger partial charge >= 0.3 is 5.97 Å². The molecular weight excluding hydrogens is 320 g/mol. The summed E-state index contributed by atoms with van der Waals surface area (Å²) >= 11 is 0. The highest BCUT2D eigenvalue weighted by Crippen LogP contribution is 2.15. The van der Waals surface area contributed by atoms with E-state index in [1.807, 2.05) is 55.5 Å². The first kappa shape index (κ1) is 18.1. The van der Waals surface area contributed by atoms with Gasteiger partial charge in [0.15, 0.2) is 0 Å². The quantitative estimate of drug-likeness (QED) is 0.566. The van der Waals surface area contributed by atoms with E-state index in [4.69, 9.17) is 0 Å². The van der Waals surface area contributed by atoms with E-state index in [9.17, 15) is 9.00 Å². The molecule has 0 amide bonds. The van der Waals surface area contributed by atoms with Gasteiger partial charge in [0.05, 0.1) is 17.9 Å². The molecule has 0 saturated carbocycles. The van der Waals surface area contributed by atoms with E-state index in [-0.39, 0.29) is 5.97 Å². The normalized spacial score (nSPS) is 12.2. The van der Waals surface area contributed by atoms with Crippen LogP contribution in [0.15, 0.2) is 59.5 Å². The highest BCUT2D eigenvalue weighted by molar-refractivity contribution is 7.85. The minimum absolute atomic E-state index is 0.370. The number of carbonyl (C=O) groups excluding carboxylic acids is 1. The number of carbonyl (C=O) groups is 1. The average Bonchev–Trinajstić information content (AvgIpc) is 2.61. The Kier molecular flexibility index (Phi) is 6.94. The number of benzene rings is 2. The van der Waals surface area contributed by atoms with Crippen LogP contribution in [0, 0.1) is 6.92 Å². The first-order valence-electron chi connectivity index (χ1n) is 7.89. The number of aryl methyl sites for hydroxylation is 2. The van der Waals surface area contributed by atoms with Gasteiger partial charge in [0.25, 0.3) is 0 Å². The third kappa shape index (κ3) is 5.46. The van der Waals surface area contributed by atoms with Crippen molar-refractivity contribution in [3.63, 3.8) is 0 Å². The van der Waals surface area contributed by atoms with Gasteiger partial charge in [-0.15, -0.1) is 0 Å². The molecule has 1 atom stereocenters. The molecule has 0 bridgehead atoms. The lowest BCUT2D eigenvalue weighted by molar-refractivity contribution is -0.134. The van der Waals surface area contributed by atoms with E-state index in [0.29, 0.717) is 5.75 Å². The molecule has 0 heterocycles. The Morgan fingerprint density at radius 2 is 1.83 bits per heavy atom. The predicted octanol–water partition coefficient (Wildman–Crippen LogP) is 3.92. The molecule has 126 valence electrons. The molecule has 2 aromatic rings. The van der Waals surface area contributed by atoms with Crippen molar-refractivity contribution >= 4 is 22.8 Å². The van der Waals surface area contributed by atoms with Gasteiger partial charge in [-0.3, -0.25) is 4.21 Å². The smallest absolute Gasteiger partial charge is 0.330 e. The second-order valence-electron chi connectivity index (χ2n) is 5.52. The van der Waals surface area contributed by atoms with Crippen LogP contribution in [-0.4, -0.2) is 23.0 Å². The summed E-state index contributed by atoms with van der Waals surface area (Å²) in [6, 6.07) is 15.7. The van der Waals surface area contributed by atoms with Gasteiger partial charge in [0, 0.05) is 16.7 Å². The fraction of sp³-hybridized carbons (Fsp3) is 0.250. The molecule has 0 aromatic heterocycles. The molecule has 2 rings (SSSR count). The minimum Gasteiger partial charge on any atom is -0.466 e. The molecule has 0 radical (unpaired) electrons. The molecule has 0 spiro atoms. The highest BCUT2D eigenvalue weighted by Gasteiger charge is 2.05. The molecule has 0 aliphatic rings. The Hall–Kier alpha value is -2.20. The van der Waals surface area contributed by atoms with Crippen molar-refractivity contribution in [1.82, 2.24) is 0 Å². The van der Waals surface area contributed by atoms with E-state index in [0.717, 1.165) is 28.9 Å². The van der Waals surface area contributed by atoms with Crippen molar-refractivity contribution in [1.29, 1.82) is 0 Å². The van der Waals surface area contributed by atoms with Gasteiger partial charge in [0.2, 0.25) is 0 Å². The molecule has 1 unspecified atom stereocenters. The second-order valence-corrected chi connectivity index (χ2v) is 7.09. The average molecular weight is 342 g/mol. The molecule has 0 aliphatic carbocycles. The minimum atomic E-state index is -0.977. The summed E-state index contributed by atoms with van der Waals surface area (Å²) in [6.07, 6.45) is 4.82. The summed E-state index contributed by atoms with van der Waals surface area (Å²) in [5, 5.41) is 0. The Morgan fingerprint density at radius 3 is 2.54 bits per heavy atom. The number of hydrogen-bond donors (Lipinski definition) is 0. The SMILES string of the molecule is COC(=O)/C=C/c1ccccc1CCCS(=O)c1ccc(C)cc1. The zero-order valence-electron chi connectivity index (χ0n) is 14.0. The Bertz CT molecular complexity index is 733. The predicted molar refractivity (Wildman–Crippen MR) is 98.3 cm³/mol. The topological polar surface area (TPSA) is 43.4 Å². The van der Waals surface area contributed by atoms with Crippen molar-refractivity contribution in [2.45, 2.75) is 24.7 Å². The molecular formula is C20H22O3S. The lowest BCUT2D eigenvalue weighted by atomic mass is 10.0. The standard InChI is InChI=1S/C20H22O3S/c1-16-9-12-19(13-10-16)24(22)15-5-8-17-6-3-4-7-18(17)11-14-20(21)23-2/h3-4,6-7,9-14H,5,8,15H2,1-2H3/b14-11+. The number of ether oxygens (including phenoxy) is 1.